The van der Waals surface area contributed by atoms with Crippen molar-refractivity contribution in [2.24, 2.45) is 5.92 Å². The fourth-order valence-corrected chi connectivity index (χ4v) is 4.72. The summed E-state index contributed by atoms with van der Waals surface area (Å²) in [6.45, 7) is 1.86. The molecule has 0 aliphatic carbocycles. The van der Waals surface area contributed by atoms with Gasteiger partial charge in [0.15, 0.2) is 6.10 Å². The molecule has 0 saturated carbocycles. The second kappa shape index (κ2) is 7.51. The number of aromatic hydroxyl groups is 1. The fourth-order valence-electron chi connectivity index (χ4n) is 4.34. The fraction of sp³-hybridized carbons (Fsp3) is 0.167. The Labute approximate surface area is 187 Å². The van der Waals surface area contributed by atoms with Crippen molar-refractivity contribution in [3.63, 3.8) is 0 Å². The molecule has 2 aliphatic rings. The summed E-state index contributed by atoms with van der Waals surface area (Å²) in [5.74, 6) is -1.50. The third-order valence-electron chi connectivity index (χ3n) is 5.79. The van der Waals surface area contributed by atoms with Crippen LogP contribution in [0.3, 0.4) is 0 Å². The summed E-state index contributed by atoms with van der Waals surface area (Å²) in [5.41, 5.74) is 2.59. The zero-order valence-electron chi connectivity index (χ0n) is 16.6. The summed E-state index contributed by atoms with van der Waals surface area (Å²) in [7, 11) is 0. The number of carbonyl (C=O) groups excluding carboxylic acids is 2. The van der Waals surface area contributed by atoms with Crippen molar-refractivity contribution in [2.75, 3.05) is 9.96 Å². The van der Waals surface area contributed by atoms with Gasteiger partial charge in [0.05, 0.1) is 17.4 Å². The van der Waals surface area contributed by atoms with Gasteiger partial charge in [-0.25, -0.2) is 9.96 Å². The van der Waals surface area contributed by atoms with E-state index in [2.05, 4.69) is 15.9 Å². The van der Waals surface area contributed by atoms with E-state index in [0.717, 1.165) is 10.0 Å². The molecule has 2 heterocycles. The van der Waals surface area contributed by atoms with E-state index in [1.807, 2.05) is 49.4 Å². The molecule has 2 aliphatic heterocycles. The maximum atomic E-state index is 13.6. The van der Waals surface area contributed by atoms with E-state index in [9.17, 15) is 14.7 Å². The third-order valence-corrected chi connectivity index (χ3v) is 6.28. The number of nitrogens with zero attached hydrogens (tertiary/aromatic N) is 2. The van der Waals surface area contributed by atoms with E-state index in [4.69, 9.17) is 4.84 Å². The Balaban J connectivity index is 1.64. The standard InChI is InChI=1S/C24H19BrN2O4/c1-14-7-5-6-10-18(14)26-23(29)20-21(17-13-15(25)11-12-19(17)28)27(31-22(20)24(26)30)16-8-3-2-4-9-16/h2-13,20-22,28H,1H3/t20-,21-,22+/m0/s1. The Morgan fingerprint density at radius 1 is 0.935 bits per heavy atom. The van der Waals surface area contributed by atoms with Crippen LogP contribution in [0.5, 0.6) is 5.75 Å². The van der Waals surface area contributed by atoms with Gasteiger partial charge in [-0.1, -0.05) is 52.3 Å². The van der Waals surface area contributed by atoms with Gasteiger partial charge in [0.2, 0.25) is 5.91 Å². The normalized spacial score (nSPS) is 22.8. The topological polar surface area (TPSA) is 70.1 Å². The molecule has 0 spiro atoms. The molecule has 3 aromatic rings. The Morgan fingerprint density at radius 3 is 2.39 bits per heavy atom. The molecule has 0 unspecified atom stereocenters. The van der Waals surface area contributed by atoms with E-state index in [1.54, 1.807) is 35.4 Å². The molecular formula is C24H19BrN2O4. The monoisotopic (exact) mass is 478 g/mol. The number of halogens is 1. The summed E-state index contributed by atoms with van der Waals surface area (Å²) in [4.78, 5) is 34.3. The van der Waals surface area contributed by atoms with Gasteiger partial charge in [0, 0.05) is 10.0 Å². The van der Waals surface area contributed by atoms with Gasteiger partial charge in [0.1, 0.15) is 11.7 Å². The smallest absolute Gasteiger partial charge is 0.266 e. The molecule has 7 heteroatoms. The lowest BCUT2D eigenvalue weighted by atomic mass is 9.90. The average Bonchev–Trinajstić information content (AvgIpc) is 3.27. The highest BCUT2D eigenvalue weighted by Gasteiger charge is 2.60. The quantitative estimate of drug-likeness (QED) is 0.560. The zero-order valence-corrected chi connectivity index (χ0v) is 18.2. The van der Waals surface area contributed by atoms with Gasteiger partial charge in [0.25, 0.3) is 5.91 Å². The first-order chi connectivity index (χ1) is 15.0. The number of hydrogen-bond donors (Lipinski definition) is 1. The molecular weight excluding hydrogens is 460 g/mol. The van der Waals surface area contributed by atoms with Crippen LogP contribution in [0.2, 0.25) is 0 Å². The molecule has 3 atom stereocenters. The number of rotatable bonds is 3. The number of phenolic OH excluding ortho intramolecular Hbond substituents is 1. The van der Waals surface area contributed by atoms with E-state index >= 15 is 0 Å². The number of para-hydroxylation sites is 2. The number of fused-ring (bicyclic) bond motifs is 1. The van der Waals surface area contributed by atoms with Crippen LogP contribution in [-0.4, -0.2) is 23.0 Å². The van der Waals surface area contributed by atoms with Crippen molar-refractivity contribution < 1.29 is 19.5 Å². The van der Waals surface area contributed by atoms with Crippen LogP contribution >= 0.6 is 15.9 Å². The number of anilines is 2. The van der Waals surface area contributed by atoms with Gasteiger partial charge >= 0.3 is 0 Å². The summed E-state index contributed by atoms with van der Waals surface area (Å²) in [5, 5.41) is 12.2. The number of benzene rings is 3. The number of aryl methyl sites for hydroxylation is 1. The minimum atomic E-state index is -0.976. The Bertz CT molecular complexity index is 1180. The maximum absolute atomic E-state index is 13.6. The second-order valence-corrected chi connectivity index (χ2v) is 8.58. The van der Waals surface area contributed by atoms with Crippen LogP contribution in [0, 0.1) is 12.8 Å². The SMILES string of the molecule is Cc1ccccc1N1C(=O)[C@@H]2[C@@H](ON(c3ccccc3)[C@H]2c2cc(Br)ccc2O)C1=O. The zero-order chi connectivity index (χ0) is 21.7. The van der Waals surface area contributed by atoms with E-state index < -0.39 is 24.0 Å². The molecule has 3 aromatic carbocycles. The molecule has 6 nitrogen and oxygen atoms in total. The van der Waals surface area contributed by atoms with Crippen molar-refractivity contribution in [1.29, 1.82) is 0 Å². The Morgan fingerprint density at radius 2 is 1.65 bits per heavy atom. The lowest BCUT2D eigenvalue weighted by Crippen LogP contribution is -2.37. The van der Waals surface area contributed by atoms with Crippen LogP contribution in [0.1, 0.15) is 17.2 Å². The van der Waals surface area contributed by atoms with Crippen LogP contribution in [0.15, 0.2) is 77.3 Å². The highest BCUT2D eigenvalue weighted by molar-refractivity contribution is 9.10. The van der Waals surface area contributed by atoms with E-state index in [-0.39, 0.29) is 11.7 Å². The molecule has 2 saturated heterocycles. The van der Waals surface area contributed by atoms with Crippen LogP contribution in [-0.2, 0) is 14.4 Å². The summed E-state index contributed by atoms with van der Waals surface area (Å²) >= 11 is 3.44. The molecule has 0 bridgehead atoms. The summed E-state index contributed by atoms with van der Waals surface area (Å²) in [6, 6.07) is 20.9. The lowest BCUT2D eigenvalue weighted by Gasteiger charge is -2.29. The summed E-state index contributed by atoms with van der Waals surface area (Å²) in [6.07, 6.45) is -0.976. The first-order valence-electron chi connectivity index (χ1n) is 9.90. The highest BCUT2D eigenvalue weighted by Crippen LogP contribution is 2.49. The lowest BCUT2D eigenvalue weighted by molar-refractivity contribution is -0.126. The number of amides is 2. The first-order valence-corrected chi connectivity index (χ1v) is 10.7. The van der Waals surface area contributed by atoms with Crippen molar-refractivity contribution in [2.45, 2.75) is 19.1 Å². The minimum Gasteiger partial charge on any atom is -0.508 e. The minimum absolute atomic E-state index is 0.0352. The second-order valence-electron chi connectivity index (χ2n) is 7.66. The Hall–Kier alpha value is -3.16. The number of phenols is 1. The molecule has 0 aromatic heterocycles. The average molecular weight is 479 g/mol. The molecule has 31 heavy (non-hydrogen) atoms. The molecule has 2 fully saturated rings. The molecule has 5 rings (SSSR count). The van der Waals surface area contributed by atoms with Gasteiger partial charge in [-0.15, -0.1) is 0 Å². The van der Waals surface area contributed by atoms with Crippen LogP contribution in [0.4, 0.5) is 11.4 Å². The number of carbonyl (C=O) groups is 2. The molecule has 2 amide bonds. The van der Waals surface area contributed by atoms with Gasteiger partial charge in [-0.3, -0.25) is 14.4 Å². The van der Waals surface area contributed by atoms with Crippen molar-refractivity contribution in [1.82, 2.24) is 0 Å². The third kappa shape index (κ3) is 3.12. The van der Waals surface area contributed by atoms with Crippen molar-refractivity contribution in [3.05, 3.63) is 88.4 Å². The predicted molar refractivity (Wildman–Crippen MR) is 120 cm³/mol. The van der Waals surface area contributed by atoms with E-state index in [1.165, 1.54) is 4.90 Å². The van der Waals surface area contributed by atoms with Crippen molar-refractivity contribution >= 4 is 39.1 Å². The largest absolute Gasteiger partial charge is 0.508 e. The Kier molecular flexibility index (Phi) is 4.79. The van der Waals surface area contributed by atoms with E-state index in [0.29, 0.717) is 16.9 Å². The van der Waals surface area contributed by atoms with Gasteiger partial charge < -0.3 is 5.11 Å². The van der Waals surface area contributed by atoms with Gasteiger partial charge in [-0.2, -0.15) is 0 Å². The number of imide groups is 1. The molecule has 0 radical (unpaired) electrons. The molecule has 156 valence electrons. The van der Waals surface area contributed by atoms with Crippen molar-refractivity contribution in [3.8, 4) is 5.75 Å². The van der Waals surface area contributed by atoms with Crippen LogP contribution in [0.25, 0.3) is 0 Å². The maximum Gasteiger partial charge on any atom is 0.266 e. The predicted octanol–water partition coefficient (Wildman–Crippen LogP) is 4.51. The molecule has 1 N–H and O–H groups in total. The number of hydroxylamine groups is 1. The van der Waals surface area contributed by atoms with Gasteiger partial charge in [-0.05, 0) is 48.9 Å². The number of hydrogen-bond acceptors (Lipinski definition) is 5. The van der Waals surface area contributed by atoms with Crippen LogP contribution < -0.4 is 9.96 Å². The first kappa shape index (κ1) is 19.8. The summed E-state index contributed by atoms with van der Waals surface area (Å²) < 4.78 is 0.754. The highest BCUT2D eigenvalue weighted by atomic mass is 79.9.